The van der Waals surface area contributed by atoms with Crippen LogP contribution in [0.25, 0.3) is 0 Å². The molecule has 7 heteroatoms. The van der Waals surface area contributed by atoms with E-state index in [0.717, 1.165) is 0 Å². The van der Waals surface area contributed by atoms with Gasteiger partial charge in [-0.25, -0.2) is 0 Å². The number of anilines is 1. The van der Waals surface area contributed by atoms with Crippen molar-refractivity contribution in [2.75, 3.05) is 12.4 Å². The Morgan fingerprint density at radius 1 is 1.33 bits per heavy atom. The van der Waals surface area contributed by atoms with Gasteiger partial charge in [0.25, 0.3) is 5.91 Å². The van der Waals surface area contributed by atoms with E-state index < -0.39 is 12.0 Å². The molecule has 1 unspecified atom stereocenters. The summed E-state index contributed by atoms with van der Waals surface area (Å²) in [5.74, 6) is -0.200. The van der Waals surface area contributed by atoms with Gasteiger partial charge in [-0.15, -0.1) is 0 Å². The van der Waals surface area contributed by atoms with Crippen LogP contribution in [0.15, 0.2) is 36.7 Å². The van der Waals surface area contributed by atoms with Crippen molar-refractivity contribution >= 4 is 34.8 Å². The Labute approximate surface area is 131 Å². The van der Waals surface area contributed by atoms with Crippen molar-refractivity contribution in [1.82, 2.24) is 4.98 Å². The first-order valence-electron chi connectivity index (χ1n) is 5.94. The molecular weight excluding hydrogens is 315 g/mol. The van der Waals surface area contributed by atoms with E-state index >= 15 is 0 Å². The van der Waals surface area contributed by atoms with E-state index in [2.05, 4.69) is 10.3 Å². The van der Waals surface area contributed by atoms with Crippen LogP contribution in [-0.2, 0) is 4.79 Å². The molecule has 1 aromatic heterocycles. The molecule has 0 aliphatic rings. The molecule has 0 fully saturated rings. The molecule has 0 saturated heterocycles. The Bertz CT molecular complexity index is 644. The SMILES string of the molecule is COc1ccncc1NC(=O)C(O)c1cc(Cl)cc(Cl)c1. The average molecular weight is 327 g/mol. The molecule has 0 aliphatic heterocycles. The number of hydrogen-bond donors (Lipinski definition) is 2. The standard InChI is InChI=1S/C14H12Cl2N2O3/c1-21-12-2-3-17-7-11(12)18-14(20)13(19)8-4-9(15)6-10(16)5-8/h2-7,13,19H,1H3,(H,18,20). The number of ether oxygens (including phenoxy) is 1. The molecule has 0 radical (unpaired) electrons. The van der Waals surface area contributed by atoms with Gasteiger partial charge >= 0.3 is 0 Å². The third kappa shape index (κ3) is 3.85. The first-order valence-corrected chi connectivity index (χ1v) is 6.70. The molecule has 0 saturated carbocycles. The van der Waals surface area contributed by atoms with Crippen molar-refractivity contribution in [3.05, 3.63) is 52.3 Å². The summed E-state index contributed by atoms with van der Waals surface area (Å²) in [6, 6.07) is 6.05. The summed E-state index contributed by atoms with van der Waals surface area (Å²) in [7, 11) is 1.47. The van der Waals surface area contributed by atoms with Gasteiger partial charge in [-0.05, 0) is 23.8 Å². The number of carbonyl (C=O) groups is 1. The molecule has 1 heterocycles. The number of aliphatic hydroxyl groups is 1. The first kappa shape index (κ1) is 15.6. The zero-order chi connectivity index (χ0) is 15.4. The number of rotatable bonds is 4. The Morgan fingerprint density at radius 3 is 2.62 bits per heavy atom. The number of nitrogens with zero attached hydrogens (tertiary/aromatic N) is 1. The van der Waals surface area contributed by atoms with E-state index in [1.807, 2.05) is 0 Å². The van der Waals surface area contributed by atoms with Gasteiger partial charge in [0.05, 0.1) is 13.3 Å². The molecule has 1 aromatic carbocycles. The highest BCUT2D eigenvalue weighted by atomic mass is 35.5. The lowest BCUT2D eigenvalue weighted by Crippen LogP contribution is -2.21. The number of nitrogens with one attached hydrogen (secondary N) is 1. The van der Waals surface area contributed by atoms with Crippen LogP contribution >= 0.6 is 23.2 Å². The van der Waals surface area contributed by atoms with Gasteiger partial charge in [0, 0.05) is 22.3 Å². The van der Waals surface area contributed by atoms with E-state index in [-0.39, 0.29) is 0 Å². The highest BCUT2D eigenvalue weighted by Crippen LogP contribution is 2.26. The first-order chi connectivity index (χ1) is 10.0. The minimum atomic E-state index is -1.41. The lowest BCUT2D eigenvalue weighted by Gasteiger charge is -2.14. The number of benzene rings is 1. The quantitative estimate of drug-likeness (QED) is 0.905. The summed E-state index contributed by atoms with van der Waals surface area (Å²) >= 11 is 11.7. The molecule has 1 atom stereocenters. The van der Waals surface area contributed by atoms with E-state index in [9.17, 15) is 9.90 Å². The number of aromatic nitrogens is 1. The van der Waals surface area contributed by atoms with Gasteiger partial charge in [0.2, 0.25) is 0 Å². The van der Waals surface area contributed by atoms with Crippen LogP contribution in [-0.4, -0.2) is 23.1 Å². The fourth-order valence-electron chi connectivity index (χ4n) is 1.74. The molecule has 110 valence electrons. The molecule has 5 nitrogen and oxygen atoms in total. The second kappa shape index (κ2) is 6.76. The van der Waals surface area contributed by atoms with Gasteiger partial charge in [-0.1, -0.05) is 23.2 Å². The Kier molecular flexibility index (Phi) is 5.01. The van der Waals surface area contributed by atoms with Crippen molar-refractivity contribution in [2.24, 2.45) is 0 Å². The molecule has 0 bridgehead atoms. The Balaban J connectivity index is 2.19. The van der Waals surface area contributed by atoms with Crippen LogP contribution in [0.2, 0.25) is 10.0 Å². The summed E-state index contributed by atoms with van der Waals surface area (Å²) in [6.45, 7) is 0. The highest BCUT2D eigenvalue weighted by molar-refractivity contribution is 6.34. The van der Waals surface area contributed by atoms with Crippen LogP contribution in [0.5, 0.6) is 5.75 Å². The van der Waals surface area contributed by atoms with Gasteiger partial charge < -0.3 is 15.2 Å². The van der Waals surface area contributed by atoms with E-state index in [4.69, 9.17) is 27.9 Å². The van der Waals surface area contributed by atoms with Crippen molar-refractivity contribution in [3.8, 4) is 5.75 Å². The fraction of sp³-hybridized carbons (Fsp3) is 0.143. The number of amides is 1. The van der Waals surface area contributed by atoms with Crippen LogP contribution in [0.4, 0.5) is 5.69 Å². The van der Waals surface area contributed by atoms with Crippen LogP contribution < -0.4 is 10.1 Å². The largest absolute Gasteiger partial charge is 0.494 e. The molecule has 2 rings (SSSR count). The smallest absolute Gasteiger partial charge is 0.257 e. The number of methoxy groups -OCH3 is 1. The minimum absolute atomic E-state index is 0.299. The molecule has 2 N–H and O–H groups in total. The van der Waals surface area contributed by atoms with Crippen LogP contribution in [0, 0.1) is 0 Å². The third-order valence-electron chi connectivity index (χ3n) is 2.71. The van der Waals surface area contributed by atoms with Gasteiger partial charge in [0.1, 0.15) is 11.4 Å². The van der Waals surface area contributed by atoms with Gasteiger partial charge in [-0.2, -0.15) is 0 Å². The summed E-state index contributed by atoms with van der Waals surface area (Å²) in [6.07, 6.45) is 1.54. The van der Waals surface area contributed by atoms with Crippen molar-refractivity contribution < 1.29 is 14.6 Å². The number of pyridine rings is 1. The number of hydrogen-bond acceptors (Lipinski definition) is 4. The molecule has 2 aromatic rings. The summed E-state index contributed by atoms with van der Waals surface area (Å²) < 4.78 is 5.09. The molecule has 0 spiro atoms. The highest BCUT2D eigenvalue weighted by Gasteiger charge is 2.19. The van der Waals surface area contributed by atoms with Gasteiger partial charge in [0.15, 0.2) is 6.10 Å². The van der Waals surface area contributed by atoms with Crippen molar-refractivity contribution in [2.45, 2.75) is 6.10 Å². The summed E-state index contributed by atoms with van der Waals surface area (Å²) in [5.41, 5.74) is 0.657. The van der Waals surface area contributed by atoms with E-state index in [0.29, 0.717) is 27.0 Å². The molecule has 0 aliphatic carbocycles. The third-order valence-corrected chi connectivity index (χ3v) is 3.14. The zero-order valence-electron chi connectivity index (χ0n) is 11.0. The van der Waals surface area contributed by atoms with Gasteiger partial charge in [-0.3, -0.25) is 9.78 Å². The maximum atomic E-state index is 12.1. The summed E-state index contributed by atoms with van der Waals surface area (Å²) in [4.78, 5) is 16.0. The number of halogens is 2. The van der Waals surface area contributed by atoms with Crippen LogP contribution in [0.3, 0.4) is 0 Å². The van der Waals surface area contributed by atoms with Crippen molar-refractivity contribution in [1.29, 1.82) is 0 Å². The predicted molar refractivity (Wildman–Crippen MR) is 80.8 cm³/mol. The van der Waals surface area contributed by atoms with Crippen molar-refractivity contribution in [3.63, 3.8) is 0 Å². The molecular formula is C14H12Cl2N2O3. The Hall–Kier alpha value is -1.82. The lowest BCUT2D eigenvalue weighted by molar-refractivity contribution is -0.124. The maximum Gasteiger partial charge on any atom is 0.257 e. The molecule has 21 heavy (non-hydrogen) atoms. The monoisotopic (exact) mass is 326 g/mol. The number of carbonyl (C=O) groups excluding carboxylic acids is 1. The lowest BCUT2D eigenvalue weighted by atomic mass is 10.1. The zero-order valence-corrected chi connectivity index (χ0v) is 12.5. The second-order valence-corrected chi connectivity index (χ2v) is 5.04. The van der Waals surface area contributed by atoms with E-state index in [1.165, 1.54) is 37.7 Å². The number of aliphatic hydroxyl groups excluding tert-OH is 1. The van der Waals surface area contributed by atoms with Crippen LogP contribution in [0.1, 0.15) is 11.7 Å². The predicted octanol–water partition coefficient (Wildman–Crippen LogP) is 3.07. The minimum Gasteiger partial charge on any atom is -0.494 e. The molecule has 1 amide bonds. The second-order valence-electron chi connectivity index (χ2n) is 4.17. The van der Waals surface area contributed by atoms with E-state index in [1.54, 1.807) is 6.07 Å². The normalized spacial score (nSPS) is 11.8. The average Bonchev–Trinajstić information content (AvgIpc) is 2.46. The summed E-state index contributed by atoms with van der Waals surface area (Å²) in [5, 5.41) is 13.3. The fourth-order valence-corrected chi connectivity index (χ4v) is 2.28. The Morgan fingerprint density at radius 2 is 2.00 bits per heavy atom. The maximum absolute atomic E-state index is 12.1. The topological polar surface area (TPSA) is 71.5 Å².